The molecule has 39 heavy (non-hydrogen) atoms. The number of hydrogen-bond donors (Lipinski definition) is 0. The summed E-state index contributed by atoms with van der Waals surface area (Å²) < 4.78 is 14.2. The fraction of sp³-hybridized carbons (Fsp3) is 0.657. The Morgan fingerprint density at radius 3 is 1.62 bits per heavy atom. The van der Waals surface area contributed by atoms with Gasteiger partial charge in [-0.3, -0.25) is 0 Å². The van der Waals surface area contributed by atoms with E-state index in [9.17, 15) is 0 Å². The van der Waals surface area contributed by atoms with E-state index < -0.39 is 0 Å². The Bertz CT molecular complexity index is 1060. The summed E-state index contributed by atoms with van der Waals surface area (Å²) in [6.07, 6.45) is 18.4. The average Bonchev–Trinajstić information content (AvgIpc) is 3.29. The van der Waals surface area contributed by atoms with Crippen LogP contribution in [-0.2, 0) is 14.7 Å². The SMILES string of the molecule is CCCCCCCCC1(CCCCCCCC)c2cc(Br)ccc2-c2ccc(B3OC(C)(C)C(C)(C)O3)cc21. The number of fused-ring (bicyclic) bond motifs is 3. The largest absolute Gasteiger partial charge is 0.494 e. The lowest BCUT2D eigenvalue weighted by molar-refractivity contribution is 0.00578. The van der Waals surface area contributed by atoms with Gasteiger partial charge in [0.05, 0.1) is 11.2 Å². The molecule has 0 saturated carbocycles. The van der Waals surface area contributed by atoms with Crippen LogP contribution >= 0.6 is 15.9 Å². The summed E-state index contributed by atoms with van der Waals surface area (Å²) in [6, 6.07) is 14.1. The van der Waals surface area contributed by atoms with Gasteiger partial charge in [0.1, 0.15) is 0 Å². The second-order valence-corrected chi connectivity index (χ2v) is 14.1. The number of halogens is 1. The molecule has 4 rings (SSSR count). The molecule has 1 aliphatic heterocycles. The Kier molecular flexibility index (Phi) is 10.5. The molecule has 0 N–H and O–H groups in total. The maximum Gasteiger partial charge on any atom is 0.494 e. The van der Waals surface area contributed by atoms with Gasteiger partial charge in [-0.05, 0) is 80.4 Å². The summed E-state index contributed by atoms with van der Waals surface area (Å²) in [6.45, 7) is 13.2. The first-order chi connectivity index (χ1) is 18.6. The van der Waals surface area contributed by atoms with Gasteiger partial charge in [0, 0.05) is 9.89 Å². The van der Waals surface area contributed by atoms with Crippen LogP contribution < -0.4 is 5.46 Å². The highest BCUT2D eigenvalue weighted by molar-refractivity contribution is 9.10. The van der Waals surface area contributed by atoms with Crippen LogP contribution in [0.3, 0.4) is 0 Å². The number of benzene rings is 2. The van der Waals surface area contributed by atoms with Crippen molar-refractivity contribution in [2.45, 2.75) is 148 Å². The lowest BCUT2D eigenvalue weighted by Gasteiger charge is -2.33. The molecular formula is C35H52BBrO2. The van der Waals surface area contributed by atoms with Crippen molar-refractivity contribution in [1.82, 2.24) is 0 Å². The van der Waals surface area contributed by atoms with E-state index in [1.54, 1.807) is 0 Å². The van der Waals surface area contributed by atoms with Crippen molar-refractivity contribution in [3.05, 3.63) is 52.0 Å². The number of unbranched alkanes of at least 4 members (excludes halogenated alkanes) is 10. The predicted molar refractivity (Wildman–Crippen MR) is 172 cm³/mol. The monoisotopic (exact) mass is 594 g/mol. The third-order valence-electron chi connectivity index (χ3n) is 9.79. The highest BCUT2D eigenvalue weighted by Gasteiger charge is 2.52. The van der Waals surface area contributed by atoms with Gasteiger partial charge in [-0.2, -0.15) is 0 Å². The fourth-order valence-corrected chi connectivity index (χ4v) is 7.05. The molecule has 0 atom stereocenters. The zero-order valence-corrected chi connectivity index (χ0v) is 27.2. The summed E-state index contributed by atoms with van der Waals surface area (Å²) in [5.41, 5.74) is 6.42. The molecule has 0 spiro atoms. The second kappa shape index (κ2) is 13.3. The Morgan fingerprint density at radius 1 is 0.615 bits per heavy atom. The fourth-order valence-electron chi connectivity index (χ4n) is 6.69. The van der Waals surface area contributed by atoms with Crippen LogP contribution in [0.25, 0.3) is 11.1 Å². The Balaban J connectivity index is 1.68. The molecule has 1 saturated heterocycles. The molecular weight excluding hydrogens is 543 g/mol. The second-order valence-electron chi connectivity index (χ2n) is 13.2. The van der Waals surface area contributed by atoms with Crippen molar-refractivity contribution in [3.63, 3.8) is 0 Å². The van der Waals surface area contributed by atoms with Crippen LogP contribution in [-0.4, -0.2) is 18.3 Å². The van der Waals surface area contributed by atoms with Crippen molar-refractivity contribution in [2.24, 2.45) is 0 Å². The van der Waals surface area contributed by atoms with E-state index in [4.69, 9.17) is 9.31 Å². The van der Waals surface area contributed by atoms with Gasteiger partial charge in [-0.1, -0.05) is 131 Å². The number of hydrogen-bond acceptors (Lipinski definition) is 2. The molecule has 214 valence electrons. The lowest BCUT2D eigenvalue weighted by Crippen LogP contribution is -2.41. The highest BCUT2D eigenvalue weighted by atomic mass is 79.9. The maximum absolute atomic E-state index is 6.52. The summed E-state index contributed by atoms with van der Waals surface area (Å²) in [7, 11) is -0.323. The van der Waals surface area contributed by atoms with Crippen molar-refractivity contribution in [1.29, 1.82) is 0 Å². The average molecular weight is 596 g/mol. The highest BCUT2D eigenvalue weighted by Crippen LogP contribution is 2.54. The van der Waals surface area contributed by atoms with Crippen molar-refractivity contribution in [2.75, 3.05) is 0 Å². The molecule has 0 bridgehead atoms. The van der Waals surface area contributed by atoms with Crippen molar-refractivity contribution >= 4 is 28.5 Å². The summed E-state index contributed by atoms with van der Waals surface area (Å²) in [4.78, 5) is 0. The summed E-state index contributed by atoms with van der Waals surface area (Å²) in [5.74, 6) is 0. The smallest absolute Gasteiger partial charge is 0.399 e. The van der Waals surface area contributed by atoms with E-state index in [2.05, 4.69) is 93.9 Å². The third-order valence-corrected chi connectivity index (χ3v) is 10.3. The molecule has 0 aromatic heterocycles. The minimum atomic E-state index is -0.335. The van der Waals surface area contributed by atoms with Gasteiger partial charge in [0.2, 0.25) is 0 Å². The quantitative estimate of drug-likeness (QED) is 0.151. The van der Waals surface area contributed by atoms with E-state index in [0.29, 0.717) is 0 Å². The Morgan fingerprint density at radius 2 is 1.08 bits per heavy atom. The Hall–Kier alpha value is -1.10. The van der Waals surface area contributed by atoms with Gasteiger partial charge in [0.15, 0.2) is 0 Å². The first kappa shape index (κ1) is 30.9. The molecule has 2 nitrogen and oxygen atoms in total. The molecule has 2 aromatic rings. The van der Waals surface area contributed by atoms with Crippen LogP contribution in [0, 0.1) is 0 Å². The van der Waals surface area contributed by atoms with Crippen LogP contribution in [0.5, 0.6) is 0 Å². The molecule has 1 fully saturated rings. The minimum absolute atomic E-state index is 0.0591. The molecule has 0 radical (unpaired) electrons. The van der Waals surface area contributed by atoms with E-state index in [1.807, 2.05) is 0 Å². The molecule has 0 amide bonds. The first-order valence-electron chi connectivity index (χ1n) is 16.0. The number of rotatable bonds is 15. The van der Waals surface area contributed by atoms with Crippen molar-refractivity contribution in [3.8, 4) is 11.1 Å². The predicted octanol–water partition coefficient (Wildman–Crippen LogP) is 10.5. The molecule has 0 unspecified atom stereocenters. The topological polar surface area (TPSA) is 18.5 Å². The molecule has 2 aliphatic rings. The molecule has 4 heteroatoms. The normalized spacial score (nSPS) is 18.4. The van der Waals surface area contributed by atoms with Gasteiger partial charge in [-0.15, -0.1) is 0 Å². The lowest BCUT2D eigenvalue weighted by atomic mass is 9.68. The standard InChI is InChI=1S/C35H52BBrO2/c1-7-9-11-13-15-17-23-35(24-18-16-14-12-10-8-2)31-25-27(36-38-33(3,4)34(5,6)39-36)19-21-29(31)30-22-20-28(37)26-32(30)35/h19-22,25-26H,7-18,23-24H2,1-6H3. The molecule has 2 aromatic carbocycles. The van der Waals surface area contributed by atoms with Crippen LogP contribution in [0.4, 0.5) is 0 Å². The van der Waals surface area contributed by atoms with E-state index in [1.165, 1.54) is 117 Å². The van der Waals surface area contributed by atoms with Gasteiger partial charge in [-0.25, -0.2) is 0 Å². The van der Waals surface area contributed by atoms with E-state index >= 15 is 0 Å². The Labute approximate surface area is 248 Å². The van der Waals surface area contributed by atoms with Gasteiger partial charge < -0.3 is 9.31 Å². The minimum Gasteiger partial charge on any atom is -0.399 e. The zero-order valence-electron chi connectivity index (χ0n) is 25.6. The van der Waals surface area contributed by atoms with Gasteiger partial charge >= 0.3 is 7.12 Å². The van der Waals surface area contributed by atoms with E-state index in [0.717, 1.165) is 5.46 Å². The van der Waals surface area contributed by atoms with Crippen LogP contribution in [0.1, 0.15) is 143 Å². The zero-order chi connectivity index (χ0) is 28.1. The summed E-state index contributed by atoms with van der Waals surface area (Å²) in [5, 5.41) is 0. The molecule has 1 aliphatic carbocycles. The first-order valence-corrected chi connectivity index (χ1v) is 16.7. The molecule has 1 heterocycles. The van der Waals surface area contributed by atoms with Crippen LogP contribution in [0.2, 0.25) is 0 Å². The maximum atomic E-state index is 6.52. The van der Waals surface area contributed by atoms with Gasteiger partial charge in [0.25, 0.3) is 0 Å². The van der Waals surface area contributed by atoms with Crippen molar-refractivity contribution < 1.29 is 9.31 Å². The van der Waals surface area contributed by atoms with E-state index in [-0.39, 0.29) is 23.7 Å². The van der Waals surface area contributed by atoms with Crippen LogP contribution in [0.15, 0.2) is 40.9 Å². The third kappa shape index (κ3) is 6.70. The summed E-state index contributed by atoms with van der Waals surface area (Å²) >= 11 is 3.84.